The number of imide groups is 1. The predicted molar refractivity (Wildman–Crippen MR) is 131 cm³/mol. The van der Waals surface area contributed by atoms with Crippen LogP contribution in [0.25, 0.3) is 21.3 Å². The topological polar surface area (TPSA) is 84.4 Å². The molecule has 11 heteroatoms. The molecular weight excluding hydrogens is 505 g/mol. The molecule has 6 rings (SSSR count). The van der Waals surface area contributed by atoms with E-state index in [-0.39, 0.29) is 47.4 Å². The number of aryl methyl sites for hydroxylation is 1. The van der Waals surface area contributed by atoms with E-state index in [1.165, 1.54) is 23.2 Å². The minimum atomic E-state index is -4.62. The van der Waals surface area contributed by atoms with Gasteiger partial charge in [-0.25, -0.2) is 4.98 Å². The molecule has 1 aliphatic carbocycles. The van der Waals surface area contributed by atoms with Crippen molar-refractivity contribution in [1.82, 2.24) is 20.2 Å². The van der Waals surface area contributed by atoms with E-state index in [0.717, 1.165) is 23.9 Å². The van der Waals surface area contributed by atoms with Gasteiger partial charge in [0.25, 0.3) is 0 Å². The number of nitrogens with zero attached hydrogens (tertiary/aromatic N) is 3. The molecule has 37 heavy (non-hydrogen) atoms. The second-order valence-electron chi connectivity index (χ2n) is 10.5. The molecule has 5 heterocycles. The lowest BCUT2D eigenvalue weighted by Crippen LogP contribution is -2.35. The summed E-state index contributed by atoms with van der Waals surface area (Å²) in [7, 11) is 0. The minimum absolute atomic E-state index is 0.126. The molecule has 2 aliphatic heterocycles. The highest BCUT2D eigenvalue weighted by atomic mass is 32.1. The van der Waals surface area contributed by atoms with Gasteiger partial charge < -0.3 is 10.1 Å². The molecule has 3 atom stereocenters. The smallest absolute Gasteiger partial charge is 0.433 e. The van der Waals surface area contributed by atoms with E-state index in [2.05, 4.69) is 15.3 Å². The maximum Gasteiger partial charge on any atom is 0.433 e. The first-order valence-corrected chi connectivity index (χ1v) is 13.0. The van der Waals surface area contributed by atoms with Gasteiger partial charge in [-0.05, 0) is 43.5 Å². The van der Waals surface area contributed by atoms with Crippen LogP contribution in [0.1, 0.15) is 36.5 Å². The van der Waals surface area contributed by atoms with Crippen LogP contribution in [0.5, 0.6) is 5.75 Å². The molecule has 3 aromatic heterocycles. The van der Waals surface area contributed by atoms with Gasteiger partial charge >= 0.3 is 6.18 Å². The van der Waals surface area contributed by atoms with Gasteiger partial charge in [0.05, 0.1) is 34.3 Å². The number of hydrogen-bond acceptors (Lipinski definition) is 7. The molecule has 2 amide bonds. The summed E-state index contributed by atoms with van der Waals surface area (Å²) in [6.07, 6.45) is -2.51. The molecule has 0 aromatic carbocycles. The van der Waals surface area contributed by atoms with E-state index in [0.29, 0.717) is 33.6 Å². The van der Waals surface area contributed by atoms with E-state index < -0.39 is 11.9 Å². The van der Waals surface area contributed by atoms with Gasteiger partial charge in [0.2, 0.25) is 11.8 Å². The highest BCUT2D eigenvalue weighted by Gasteiger charge is 2.72. The van der Waals surface area contributed by atoms with Gasteiger partial charge in [0, 0.05) is 28.7 Å². The van der Waals surface area contributed by atoms with Crippen LogP contribution >= 0.6 is 11.3 Å². The number of aromatic nitrogens is 2. The molecule has 3 aliphatic rings. The van der Waals surface area contributed by atoms with Gasteiger partial charge in [-0.1, -0.05) is 13.8 Å². The van der Waals surface area contributed by atoms with Crippen molar-refractivity contribution in [3.8, 4) is 16.9 Å². The number of thiophene rings is 1. The molecule has 0 radical (unpaired) electrons. The predicted octanol–water partition coefficient (Wildman–Crippen LogP) is 4.57. The average molecular weight is 531 g/mol. The molecule has 0 bridgehead atoms. The molecule has 3 aromatic rings. The summed E-state index contributed by atoms with van der Waals surface area (Å²) in [6, 6.07) is 4.49. The van der Waals surface area contributed by atoms with Crippen molar-refractivity contribution in [2.75, 3.05) is 13.1 Å². The second-order valence-corrected chi connectivity index (χ2v) is 11.7. The first kappa shape index (κ1) is 24.3. The third kappa shape index (κ3) is 3.90. The van der Waals surface area contributed by atoms with Crippen LogP contribution in [0, 0.1) is 24.2 Å². The van der Waals surface area contributed by atoms with Crippen LogP contribution in [0.2, 0.25) is 0 Å². The van der Waals surface area contributed by atoms with Crippen molar-refractivity contribution in [3.05, 3.63) is 40.7 Å². The third-order valence-electron chi connectivity index (χ3n) is 7.69. The van der Waals surface area contributed by atoms with Crippen LogP contribution in [0.4, 0.5) is 13.2 Å². The SMILES string of the molecule is Cc1nc(C(F)(F)F)cc(-c2ccnc3cc(CN4C(=O)C5C(C4=O)C5(C)C)sc23)c1O[C@H]1CCNC1. The van der Waals surface area contributed by atoms with Gasteiger partial charge in [0.15, 0.2) is 0 Å². The molecule has 2 saturated heterocycles. The summed E-state index contributed by atoms with van der Waals surface area (Å²) in [5.41, 5.74) is 0.297. The Labute approximate surface area is 215 Å². The summed E-state index contributed by atoms with van der Waals surface area (Å²) in [5, 5.41) is 3.20. The molecule has 2 unspecified atom stereocenters. The fourth-order valence-corrected chi connectivity index (χ4v) is 6.77. The van der Waals surface area contributed by atoms with E-state index >= 15 is 0 Å². The number of amides is 2. The Balaban J connectivity index is 1.40. The first-order chi connectivity index (χ1) is 17.5. The van der Waals surface area contributed by atoms with Gasteiger partial charge in [-0.2, -0.15) is 13.2 Å². The Kier molecular flexibility index (Phi) is 5.40. The lowest BCUT2D eigenvalue weighted by molar-refractivity contribution is -0.144. The molecule has 1 N–H and O–H groups in total. The lowest BCUT2D eigenvalue weighted by atomic mass is 10.0. The zero-order chi connectivity index (χ0) is 26.3. The normalized spacial score (nSPS) is 24.7. The van der Waals surface area contributed by atoms with Crippen molar-refractivity contribution in [2.24, 2.45) is 17.3 Å². The molecule has 194 valence electrons. The van der Waals surface area contributed by atoms with E-state index in [4.69, 9.17) is 4.74 Å². The number of nitrogens with one attached hydrogen (secondary N) is 1. The maximum atomic E-state index is 13.7. The number of hydrogen-bond donors (Lipinski definition) is 1. The molecule has 1 saturated carbocycles. The summed E-state index contributed by atoms with van der Waals surface area (Å²) < 4.78 is 48.0. The molecule has 7 nitrogen and oxygen atoms in total. The van der Waals surface area contributed by atoms with Crippen LogP contribution in [-0.4, -0.2) is 45.9 Å². The number of ether oxygens (including phenoxy) is 1. The number of carbonyl (C=O) groups excluding carboxylic acids is 2. The van der Waals surface area contributed by atoms with Crippen molar-refractivity contribution >= 4 is 33.4 Å². The number of likely N-dealkylation sites (tertiary alicyclic amines) is 1. The minimum Gasteiger partial charge on any atom is -0.486 e. The monoisotopic (exact) mass is 530 g/mol. The quantitative estimate of drug-likeness (QED) is 0.487. The third-order valence-corrected chi connectivity index (χ3v) is 8.83. The highest BCUT2D eigenvalue weighted by Crippen LogP contribution is 2.63. The number of fused-ring (bicyclic) bond motifs is 2. The van der Waals surface area contributed by atoms with Crippen LogP contribution < -0.4 is 10.1 Å². The lowest BCUT2D eigenvalue weighted by Gasteiger charge is -2.20. The van der Waals surface area contributed by atoms with Gasteiger partial charge in [0.1, 0.15) is 17.5 Å². The summed E-state index contributed by atoms with van der Waals surface area (Å²) in [4.78, 5) is 35.9. The Morgan fingerprint density at radius 2 is 1.92 bits per heavy atom. The Morgan fingerprint density at radius 3 is 2.57 bits per heavy atom. The number of rotatable bonds is 5. The van der Waals surface area contributed by atoms with E-state index in [1.807, 2.05) is 13.8 Å². The Bertz CT molecular complexity index is 1420. The second kappa shape index (κ2) is 8.22. The van der Waals surface area contributed by atoms with Crippen molar-refractivity contribution in [1.29, 1.82) is 0 Å². The number of alkyl halides is 3. The Morgan fingerprint density at radius 1 is 1.19 bits per heavy atom. The van der Waals surface area contributed by atoms with Gasteiger partial charge in [-0.3, -0.25) is 19.5 Å². The van der Waals surface area contributed by atoms with Crippen molar-refractivity contribution in [2.45, 2.75) is 46.0 Å². The van der Waals surface area contributed by atoms with Gasteiger partial charge in [-0.15, -0.1) is 11.3 Å². The number of halogens is 3. The van der Waals surface area contributed by atoms with E-state index in [1.54, 1.807) is 18.3 Å². The zero-order valence-electron chi connectivity index (χ0n) is 20.5. The standard InChI is InChI=1S/C26H25F3N4O3S/c1-12-21(36-13-4-6-30-10-13)16(9-18(32-12)26(27,28)29)15-5-7-31-17-8-14(37-22(15)17)11-33-23(34)19-20(24(33)35)25(19,2)3/h5,7-9,13,19-20,30H,4,6,10-11H2,1-3H3/t13-,19?,20?/m0/s1. The van der Waals surface area contributed by atoms with Crippen LogP contribution in [-0.2, 0) is 22.3 Å². The van der Waals surface area contributed by atoms with Crippen molar-refractivity contribution < 1.29 is 27.5 Å². The molecule has 3 fully saturated rings. The first-order valence-electron chi connectivity index (χ1n) is 12.2. The summed E-state index contributed by atoms with van der Waals surface area (Å²) in [5.74, 6) is -0.546. The number of piperidine rings is 1. The fourth-order valence-electron chi connectivity index (χ4n) is 5.64. The zero-order valence-corrected chi connectivity index (χ0v) is 21.3. The number of pyridine rings is 2. The van der Waals surface area contributed by atoms with E-state index in [9.17, 15) is 22.8 Å². The largest absolute Gasteiger partial charge is 0.486 e. The van der Waals surface area contributed by atoms with Crippen LogP contribution in [0.15, 0.2) is 24.4 Å². The van der Waals surface area contributed by atoms with Crippen LogP contribution in [0.3, 0.4) is 0 Å². The summed E-state index contributed by atoms with van der Waals surface area (Å²) >= 11 is 1.32. The maximum absolute atomic E-state index is 13.7. The Hall–Kier alpha value is -3.05. The number of carbonyl (C=O) groups is 2. The molecule has 0 spiro atoms. The average Bonchev–Trinajstić information content (AvgIpc) is 3.28. The highest BCUT2D eigenvalue weighted by molar-refractivity contribution is 7.19. The summed E-state index contributed by atoms with van der Waals surface area (Å²) in [6.45, 7) is 6.88. The fraction of sp³-hybridized carbons (Fsp3) is 0.462. The molecular formula is C26H25F3N4O3S. The van der Waals surface area contributed by atoms with Crippen molar-refractivity contribution in [3.63, 3.8) is 0 Å².